The molecule has 5 heteroatoms. The number of anilines is 1. The highest BCUT2D eigenvalue weighted by molar-refractivity contribution is 5.44. The van der Waals surface area contributed by atoms with Crippen LogP contribution >= 0.6 is 0 Å². The Morgan fingerprint density at radius 2 is 1.81 bits per heavy atom. The van der Waals surface area contributed by atoms with Gasteiger partial charge in [-0.2, -0.15) is 18.4 Å². The summed E-state index contributed by atoms with van der Waals surface area (Å²) in [6.07, 6.45) is -4.68. The number of nitriles is 1. The average Bonchev–Trinajstić information content (AvgIpc) is 2.19. The largest absolute Gasteiger partial charge is 0.390 e. The Hall–Kier alpha value is -1.70. The Morgan fingerprint density at radius 1 is 1.19 bits per heavy atom. The Labute approximate surface area is 91.7 Å². The van der Waals surface area contributed by atoms with Crippen LogP contribution in [-0.4, -0.2) is 12.7 Å². The van der Waals surface area contributed by atoms with E-state index in [1.165, 1.54) is 0 Å². The van der Waals surface area contributed by atoms with Crippen molar-refractivity contribution in [3.05, 3.63) is 29.8 Å². The summed E-state index contributed by atoms with van der Waals surface area (Å²) in [6, 6.07) is 8.78. The monoisotopic (exact) mass is 228 g/mol. The number of hydrogen-bond donors (Lipinski definition) is 1. The van der Waals surface area contributed by atoms with E-state index in [0.717, 1.165) is 5.56 Å². The molecule has 0 saturated carbocycles. The van der Waals surface area contributed by atoms with Crippen molar-refractivity contribution in [3.8, 4) is 6.07 Å². The standard InChI is InChI=1S/C11H11F3N2/c12-11(13,14)6-8-16-10-3-1-9(2-4-10)5-7-15/h1-4,16H,5-6,8H2. The van der Waals surface area contributed by atoms with Gasteiger partial charge in [0.2, 0.25) is 0 Å². The van der Waals surface area contributed by atoms with Gasteiger partial charge in [0.15, 0.2) is 0 Å². The van der Waals surface area contributed by atoms with E-state index < -0.39 is 12.6 Å². The molecule has 0 atom stereocenters. The van der Waals surface area contributed by atoms with Crippen LogP contribution in [0.1, 0.15) is 12.0 Å². The van der Waals surface area contributed by atoms with E-state index >= 15 is 0 Å². The first-order valence-electron chi connectivity index (χ1n) is 4.78. The van der Waals surface area contributed by atoms with Gasteiger partial charge in [-0.25, -0.2) is 0 Å². The third-order valence-corrected chi connectivity index (χ3v) is 1.97. The van der Waals surface area contributed by atoms with E-state index in [0.29, 0.717) is 12.1 Å². The minimum atomic E-state index is -4.13. The molecule has 0 amide bonds. The van der Waals surface area contributed by atoms with E-state index in [9.17, 15) is 13.2 Å². The van der Waals surface area contributed by atoms with E-state index in [4.69, 9.17) is 5.26 Å². The summed E-state index contributed by atoms with van der Waals surface area (Å²) in [4.78, 5) is 0. The zero-order chi connectivity index (χ0) is 12.0. The molecule has 0 saturated heterocycles. The van der Waals surface area contributed by atoms with Crippen LogP contribution in [0.5, 0.6) is 0 Å². The number of rotatable bonds is 4. The molecule has 0 bridgehead atoms. The molecule has 0 aromatic heterocycles. The molecule has 0 aliphatic rings. The molecule has 0 spiro atoms. The maximum absolute atomic E-state index is 11.8. The fourth-order valence-corrected chi connectivity index (χ4v) is 1.18. The molecule has 1 aromatic carbocycles. The smallest absolute Gasteiger partial charge is 0.385 e. The number of nitrogens with zero attached hydrogens (tertiary/aromatic N) is 1. The summed E-state index contributed by atoms with van der Waals surface area (Å²) >= 11 is 0. The van der Waals surface area contributed by atoms with E-state index in [2.05, 4.69) is 5.32 Å². The lowest BCUT2D eigenvalue weighted by Gasteiger charge is -2.08. The van der Waals surface area contributed by atoms with Gasteiger partial charge in [-0.15, -0.1) is 0 Å². The summed E-state index contributed by atoms with van der Waals surface area (Å²) < 4.78 is 35.5. The lowest BCUT2D eigenvalue weighted by Crippen LogP contribution is -2.14. The Bertz CT molecular complexity index is 362. The normalized spacial score (nSPS) is 10.9. The predicted octanol–water partition coefficient (Wildman–Crippen LogP) is 3.12. The van der Waals surface area contributed by atoms with Crippen molar-refractivity contribution in [1.29, 1.82) is 5.26 Å². The molecule has 2 nitrogen and oxygen atoms in total. The minimum Gasteiger partial charge on any atom is -0.385 e. The SMILES string of the molecule is N#CCc1ccc(NCCC(F)(F)F)cc1. The minimum absolute atomic E-state index is 0.138. The van der Waals surface area contributed by atoms with Crippen molar-refractivity contribution < 1.29 is 13.2 Å². The third kappa shape index (κ3) is 4.69. The third-order valence-electron chi connectivity index (χ3n) is 1.97. The highest BCUT2D eigenvalue weighted by atomic mass is 19.4. The van der Waals surface area contributed by atoms with Crippen LogP contribution in [0.15, 0.2) is 24.3 Å². The molecule has 86 valence electrons. The first-order valence-corrected chi connectivity index (χ1v) is 4.78. The van der Waals surface area contributed by atoms with Crippen LogP contribution in [0.2, 0.25) is 0 Å². The second-order valence-electron chi connectivity index (χ2n) is 3.32. The average molecular weight is 228 g/mol. The van der Waals surface area contributed by atoms with Gasteiger partial charge < -0.3 is 5.32 Å². The number of nitrogens with one attached hydrogen (secondary N) is 1. The molecule has 0 aliphatic heterocycles. The first kappa shape index (κ1) is 12.4. The summed E-state index contributed by atoms with van der Waals surface area (Å²) in [5, 5.41) is 11.1. The fraction of sp³-hybridized carbons (Fsp3) is 0.364. The highest BCUT2D eigenvalue weighted by Crippen LogP contribution is 2.19. The lowest BCUT2D eigenvalue weighted by atomic mass is 10.1. The van der Waals surface area contributed by atoms with E-state index in [1.54, 1.807) is 24.3 Å². The maximum atomic E-state index is 11.8. The van der Waals surface area contributed by atoms with Crippen LogP contribution in [0, 0.1) is 11.3 Å². The first-order chi connectivity index (χ1) is 7.51. The summed E-state index contributed by atoms with van der Waals surface area (Å²) in [5.41, 5.74) is 1.48. The lowest BCUT2D eigenvalue weighted by molar-refractivity contribution is -0.131. The Balaban J connectivity index is 2.41. The Kier molecular flexibility index (Phi) is 4.18. The van der Waals surface area contributed by atoms with Crippen molar-refractivity contribution in [2.45, 2.75) is 19.0 Å². The number of hydrogen-bond acceptors (Lipinski definition) is 2. The zero-order valence-corrected chi connectivity index (χ0v) is 8.51. The van der Waals surface area contributed by atoms with Gasteiger partial charge in [-0.05, 0) is 17.7 Å². The van der Waals surface area contributed by atoms with E-state index in [-0.39, 0.29) is 6.54 Å². The second-order valence-corrected chi connectivity index (χ2v) is 3.32. The van der Waals surface area contributed by atoms with Crippen LogP contribution in [-0.2, 0) is 6.42 Å². The number of alkyl halides is 3. The molecule has 0 aliphatic carbocycles. The molecule has 1 N–H and O–H groups in total. The molecular weight excluding hydrogens is 217 g/mol. The molecule has 1 aromatic rings. The van der Waals surface area contributed by atoms with Crippen molar-refractivity contribution in [1.82, 2.24) is 0 Å². The number of halogens is 3. The van der Waals surface area contributed by atoms with Crippen molar-refractivity contribution in [2.24, 2.45) is 0 Å². The maximum Gasteiger partial charge on any atom is 0.390 e. The molecular formula is C11H11F3N2. The molecule has 0 radical (unpaired) electrons. The number of benzene rings is 1. The molecule has 16 heavy (non-hydrogen) atoms. The van der Waals surface area contributed by atoms with Crippen LogP contribution in [0.4, 0.5) is 18.9 Å². The Morgan fingerprint density at radius 3 is 2.31 bits per heavy atom. The van der Waals surface area contributed by atoms with Crippen LogP contribution < -0.4 is 5.32 Å². The highest BCUT2D eigenvalue weighted by Gasteiger charge is 2.25. The van der Waals surface area contributed by atoms with Crippen LogP contribution in [0.3, 0.4) is 0 Å². The van der Waals surface area contributed by atoms with Gasteiger partial charge in [-0.3, -0.25) is 0 Å². The molecule has 0 unspecified atom stereocenters. The fourth-order valence-electron chi connectivity index (χ4n) is 1.18. The van der Waals surface area contributed by atoms with E-state index in [1.807, 2.05) is 6.07 Å². The summed E-state index contributed by atoms with van der Waals surface area (Å²) in [6.45, 7) is -0.138. The summed E-state index contributed by atoms with van der Waals surface area (Å²) in [5.74, 6) is 0. The zero-order valence-electron chi connectivity index (χ0n) is 8.51. The van der Waals surface area contributed by atoms with Gasteiger partial charge in [0.05, 0.1) is 18.9 Å². The van der Waals surface area contributed by atoms with Crippen molar-refractivity contribution >= 4 is 5.69 Å². The van der Waals surface area contributed by atoms with Crippen LogP contribution in [0.25, 0.3) is 0 Å². The van der Waals surface area contributed by atoms with Gasteiger partial charge in [-0.1, -0.05) is 12.1 Å². The van der Waals surface area contributed by atoms with Gasteiger partial charge in [0.1, 0.15) is 0 Å². The van der Waals surface area contributed by atoms with Gasteiger partial charge >= 0.3 is 6.18 Å². The summed E-state index contributed by atoms with van der Waals surface area (Å²) in [7, 11) is 0. The van der Waals surface area contributed by atoms with Crippen molar-refractivity contribution in [2.75, 3.05) is 11.9 Å². The van der Waals surface area contributed by atoms with Gasteiger partial charge in [0, 0.05) is 12.2 Å². The molecule has 0 fully saturated rings. The van der Waals surface area contributed by atoms with Crippen molar-refractivity contribution in [3.63, 3.8) is 0 Å². The molecule has 1 rings (SSSR count). The predicted molar refractivity (Wildman–Crippen MR) is 54.9 cm³/mol. The quantitative estimate of drug-likeness (QED) is 0.859. The second kappa shape index (κ2) is 5.40. The molecule has 0 heterocycles. The van der Waals surface area contributed by atoms with Gasteiger partial charge in [0.25, 0.3) is 0 Å². The topological polar surface area (TPSA) is 35.8 Å².